The highest BCUT2D eigenvalue weighted by atomic mass is 16.1. The first-order chi connectivity index (χ1) is 18.4. The number of amides is 1. The lowest BCUT2D eigenvalue weighted by molar-refractivity contribution is 0.102. The summed E-state index contributed by atoms with van der Waals surface area (Å²) in [6.45, 7) is 9.27. The fourth-order valence-corrected chi connectivity index (χ4v) is 4.48. The standard InChI is InChI=1S/C30H33N7O/c1-21-10-12-31-19-26(21)27-11-13-32-30(34-27)35-28-18-25(9-4-22(28)2)33-29(38)24-7-5-23(6-8-24)20-37-16-14-36(3)15-17-37/h4-13,18-19H,14-17,20H2,1-3H3,(H,33,38)(H,32,34,35). The lowest BCUT2D eigenvalue weighted by Gasteiger charge is -2.32. The summed E-state index contributed by atoms with van der Waals surface area (Å²) >= 11 is 0. The van der Waals surface area contributed by atoms with Gasteiger partial charge in [0.15, 0.2) is 0 Å². The van der Waals surface area contributed by atoms with Gasteiger partial charge in [0.2, 0.25) is 5.95 Å². The van der Waals surface area contributed by atoms with E-state index in [9.17, 15) is 4.79 Å². The molecule has 2 N–H and O–H groups in total. The van der Waals surface area contributed by atoms with Crippen LogP contribution in [0.4, 0.5) is 17.3 Å². The van der Waals surface area contributed by atoms with Gasteiger partial charge in [-0.3, -0.25) is 14.7 Å². The number of likely N-dealkylation sites (N-methyl/N-ethyl adjacent to an activating group) is 1. The van der Waals surface area contributed by atoms with Gasteiger partial charge in [-0.1, -0.05) is 18.2 Å². The first-order valence-corrected chi connectivity index (χ1v) is 12.9. The van der Waals surface area contributed by atoms with Gasteiger partial charge in [-0.15, -0.1) is 0 Å². The topological polar surface area (TPSA) is 86.3 Å². The van der Waals surface area contributed by atoms with Crippen molar-refractivity contribution in [3.05, 3.63) is 95.4 Å². The van der Waals surface area contributed by atoms with E-state index in [-0.39, 0.29) is 5.91 Å². The fraction of sp³-hybridized carbons (Fsp3) is 0.267. The van der Waals surface area contributed by atoms with Gasteiger partial charge in [0, 0.05) is 73.8 Å². The molecule has 38 heavy (non-hydrogen) atoms. The molecule has 5 rings (SSSR count). The van der Waals surface area contributed by atoms with E-state index >= 15 is 0 Å². The Morgan fingerprint density at radius 2 is 1.71 bits per heavy atom. The van der Waals surface area contributed by atoms with Crippen LogP contribution in [0, 0.1) is 13.8 Å². The summed E-state index contributed by atoms with van der Waals surface area (Å²) in [7, 11) is 2.16. The quantitative estimate of drug-likeness (QED) is 0.368. The third-order valence-corrected chi connectivity index (χ3v) is 6.93. The van der Waals surface area contributed by atoms with Crippen molar-refractivity contribution in [3.63, 3.8) is 0 Å². The van der Waals surface area contributed by atoms with Crippen molar-refractivity contribution in [2.45, 2.75) is 20.4 Å². The second-order valence-corrected chi connectivity index (χ2v) is 9.84. The summed E-state index contributed by atoms with van der Waals surface area (Å²) in [5, 5.41) is 6.32. The molecule has 0 saturated carbocycles. The molecule has 1 aliphatic rings. The maximum absolute atomic E-state index is 13.0. The number of piperazine rings is 1. The highest BCUT2D eigenvalue weighted by molar-refractivity contribution is 6.04. The second kappa shape index (κ2) is 11.5. The first kappa shape index (κ1) is 25.5. The Bertz CT molecular complexity index is 1410. The number of carbonyl (C=O) groups is 1. The van der Waals surface area contributed by atoms with Gasteiger partial charge in [0.25, 0.3) is 5.91 Å². The van der Waals surface area contributed by atoms with Crippen LogP contribution in [0.5, 0.6) is 0 Å². The van der Waals surface area contributed by atoms with Crippen molar-refractivity contribution in [1.82, 2.24) is 24.8 Å². The number of benzene rings is 2. The zero-order valence-corrected chi connectivity index (χ0v) is 22.1. The maximum atomic E-state index is 13.0. The van der Waals surface area contributed by atoms with E-state index in [1.807, 2.05) is 74.6 Å². The molecule has 1 saturated heterocycles. The van der Waals surface area contributed by atoms with Gasteiger partial charge >= 0.3 is 0 Å². The second-order valence-electron chi connectivity index (χ2n) is 9.84. The molecule has 0 spiro atoms. The monoisotopic (exact) mass is 507 g/mol. The normalized spacial score (nSPS) is 14.3. The van der Waals surface area contributed by atoms with E-state index in [1.165, 1.54) is 5.56 Å². The van der Waals surface area contributed by atoms with Gasteiger partial charge in [0.05, 0.1) is 5.69 Å². The van der Waals surface area contributed by atoms with Crippen LogP contribution in [0.3, 0.4) is 0 Å². The molecule has 1 fully saturated rings. The summed E-state index contributed by atoms with van der Waals surface area (Å²) in [5.74, 6) is 0.338. The summed E-state index contributed by atoms with van der Waals surface area (Å²) in [6, 6.07) is 17.5. The smallest absolute Gasteiger partial charge is 0.255 e. The van der Waals surface area contributed by atoms with Crippen LogP contribution in [-0.4, -0.2) is 63.9 Å². The molecule has 0 unspecified atom stereocenters. The lowest BCUT2D eigenvalue weighted by Crippen LogP contribution is -2.43. The number of hydrogen-bond donors (Lipinski definition) is 2. The van der Waals surface area contributed by atoms with Crippen LogP contribution in [0.25, 0.3) is 11.3 Å². The average Bonchev–Trinajstić information content (AvgIpc) is 2.93. The number of anilines is 3. The SMILES string of the molecule is Cc1ccc(NC(=O)c2ccc(CN3CCN(C)CC3)cc2)cc1Nc1nccc(-c2cnccc2C)n1. The molecule has 3 heterocycles. The number of nitrogens with zero attached hydrogens (tertiary/aromatic N) is 5. The minimum Gasteiger partial charge on any atom is -0.324 e. The number of aryl methyl sites for hydroxylation is 2. The van der Waals surface area contributed by atoms with Gasteiger partial charge in [-0.25, -0.2) is 9.97 Å². The molecular formula is C30H33N7O. The van der Waals surface area contributed by atoms with Crippen molar-refractivity contribution in [1.29, 1.82) is 0 Å². The Hall–Kier alpha value is -4.14. The van der Waals surface area contributed by atoms with Gasteiger partial charge in [-0.05, 0) is 74.0 Å². The molecule has 0 atom stereocenters. The van der Waals surface area contributed by atoms with Crippen molar-refractivity contribution in [2.75, 3.05) is 43.9 Å². The number of pyridine rings is 1. The maximum Gasteiger partial charge on any atom is 0.255 e. The van der Waals surface area contributed by atoms with Crippen LogP contribution < -0.4 is 10.6 Å². The first-order valence-electron chi connectivity index (χ1n) is 12.9. The van der Waals surface area contributed by atoms with Crippen molar-refractivity contribution in [2.24, 2.45) is 0 Å². The Balaban J connectivity index is 1.25. The van der Waals surface area contributed by atoms with Crippen LogP contribution in [-0.2, 0) is 6.54 Å². The van der Waals surface area contributed by atoms with Crippen molar-refractivity contribution < 1.29 is 4.79 Å². The molecule has 194 valence electrons. The van der Waals surface area contributed by atoms with E-state index in [0.717, 1.165) is 60.8 Å². The van der Waals surface area contributed by atoms with E-state index in [0.29, 0.717) is 17.2 Å². The number of hydrogen-bond acceptors (Lipinski definition) is 7. The number of carbonyl (C=O) groups excluding carboxylic acids is 1. The Labute approximate surface area is 223 Å². The Kier molecular flexibility index (Phi) is 7.72. The molecule has 1 aliphatic heterocycles. The molecule has 8 nitrogen and oxygen atoms in total. The largest absolute Gasteiger partial charge is 0.324 e. The summed E-state index contributed by atoms with van der Waals surface area (Å²) in [5.41, 5.74) is 7.24. The van der Waals surface area contributed by atoms with E-state index in [2.05, 4.69) is 42.4 Å². The van der Waals surface area contributed by atoms with Crippen molar-refractivity contribution in [3.8, 4) is 11.3 Å². The highest BCUT2D eigenvalue weighted by Gasteiger charge is 2.15. The molecule has 0 bridgehead atoms. The summed E-state index contributed by atoms with van der Waals surface area (Å²) in [4.78, 5) is 31.0. The molecular weight excluding hydrogens is 474 g/mol. The number of aromatic nitrogens is 3. The zero-order valence-electron chi connectivity index (χ0n) is 22.1. The van der Waals surface area contributed by atoms with Gasteiger partial charge in [-0.2, -0.15) is 0 Å². The minimum absolute atomic E-state index is 0.142. The van der Waals surface area contributed by atoms with Crippen molar-refractivity contribution >= 4 is 23.2 Å². The number of rotatable bonds is 7. The van der Waals surface area contributed by atoms with E-state index in [4.69, 9.17) is 0 Å². The molecule has 0 aliphatic carbocycles. The van der Waals surface area contributed by atoms with Crippen LogP contribution >= 0.6 is 0 Å². The predicted octanol–water partition coefficient (Wildman–Crippen LogP) is 4.90. The van der Waals surface area contributed by atoms with Gasteiger partial charge < -0.3 is 15.5 Å². The van der Waals surface area contributed by atoms with Crippen LogP contribution in [0.15, 0.2) is 73.2 Å². The molecule has 1 amide bonds. The zero-order chi connectivity index (χ0) is 26.5. The van der Waals surface area contributed by atoms with Gasteiger partial charge in [0.1, 0.15) is 0 Å². The third-order valence-electron chi connectivity index (χ3n) is 6.93. The predicted molar refractivity (Wildman–Crippen MR) is 152 cm³/mol. The van der Waals surface area contributed by atoms with Crippen LogP contribution in [0.1, 0.15) is 27.0 Å². The van der Waals surface area contributed by atoms with E-state index in [1.54, 1.807) is 12.4 Å². The molecule has 0 radical (unpaired) electrons. The Morgan fingerprint density at radius 1 is 0.921 bits per heavy atom. The van der Waals surface area contributed by atoms with E-state index < -0.39 is 0 Å². The third kappa shape index (κ3) is 6.22. The molecule has 4 aromatic rings. The fourth-order valence-electron chi connectivity index (χ4n) is 4.48. The molecule has 2 aromatic carbocycles. The average molecular weight is 508 g/mol. The summed E-state index contributed by atoms with van der Waals surface area (Å²) in [6.07, 6.45) is 5.30. The molecule has 8 heteroatoms. The molecule has 2 aromatic heterocycles. The van der Waals surface area contributed by atoms with Crippen LogP contribution in [0.2, 0.25) is 0 Å². The Morgan fingerprint density at radius 3 is 2.47 bits per heavy atom. The summed E-state index contributed by atoms with van der Waals surface area (Å²) < 4.78 is 0. The highest BCUT2D eigenvalue weighted by Crippen LogP contribution is 2.25. The lowest BCUT2D eigenvalue weighted by atomic mass is 10.1. The minimum atomic E-state index is -0.142. The number of nitrogens with one attached hydrogen (secondary N) is 2.